The molecule has 236 valence electrons. The van der Waals surface area contributed by atoms with E-state index in [1.165, 1.54) is 115 Å². The van der Waals surface area contributed by atoms with Gasteiger partial charge in [-0.3, -0.25) is 0 Å². The number of benzene rings is 9. The van der Waals surface area contributed by atoms with Crippen molar-refractivity contribution >= 4 is 127 Å². The SMILES string of the molecule is c1ccc2c(c1)sc1ccc(-c3c4ccccc4c(-c4ccc5c(c4)sc4ccc6c(ccc7c8ccccc8sc76)c45)c4ccccc34)cc12. The summed E-state index contributed by atoms with van der Waals surface area (Å²) in [6, 6.07) is 59.3. The molecule has 9 aromatic carbocycles. The van der Waals surface area contributed by atoms with Crippen LogP contribution < -0.4 is 0 Å². The first-order valence-electron chi connectivity index (χ1n) is 17.3. The van der Waals surface area contributed by atoms with Gasteiger partial charge in [0.15, 0.2) is 0 Å². The Morgan fingerprint density at radius 1 is 0.255 bits per heavy atom. The largest absolute Gasteiger partial charge is 0.135 e. The zero-order valence-electron chi connectivity index (χ0n) is 27.2. The Balaban J connectivity index is 1.10. The highest BCUT2D eigenvalue weighted by molar-refractivity contribution is 7.27. The van der Waals surface area contributed by atoms with Crippen LogP contribution in [0.15, 0.2) is 158 Å². The maximum absolute atomic E-state index is 2.45. The van der Waals surface area contributed by atoms with E-state index in [2.05, 4.69) is 158 Å². The van der Waals surface area contributed by atoms with Crippen LogP contribution in [0.2, 0.25) is 0 Å². The van der Waals surface area contributed by atoms with Gasteiger partial charge in [0.1, 0.15) is 0 Å². The Labute approximate surface area is 305 Å². The zero-order chi connectivity index (χ0) is 33.2. The van der Waals surface area contributed by atoms with E-state index in [1.807, 2.05) is 34.0 Å². The predicted molar refractivity (Wildman–Crippen MR) is 228 cm³/mol. The number of hydrogen-bond acceptors (Lipinski definition) is 3. The molecule has 0 radical (unpaired) electrons. The third kappa shape index (κ3) is 3.94. The summed E-state index contributed by atoms with van der Waals surface area (Å²) in [5, 5.41) is 16.0. The monoisotopic (exact) mass is 698 g/mol. The molecule has 51 heavy (non-hydrogen) atoms. The fourth-order valence-corrected chi connectivity index (χ4v) is 12.1. The van der Waals surface area contributed by atoms with E-state index in [-0.39, 0.29) is 0 Å². The Bertz CT molecular complexity index is 3370. The van der Waals surface area contributed by atoms with E-state index < -0.39 is 0 Å². The molecule has 0 N–H and O–H groups in total. The topological polar surface area (TPSA) is 0 Å². The van der Waals surface area contributed by atoms with Crippen LogP contribution >= 0.6 is 34.0 Å². The van der Waals surface area contributed by atoms with E-state index in [0.717, 1.165) is 0 Å². The summed E-state index contributed by atoms with van der Waals surface area (Å²) >= 11 is 5.71. The summed E-state index contributed by atoms with van der Waals surface area (Å²) in [5.41, 5.74) is 5.15. The van der Waals surface area contributed by atoms with Gasteiger partial charge in [-0.1, -0.05) is 121 Å². The molecule has 0 aliphatic rings. The second-order valence-electron chi connectivity index (χ2n) is 13.5. The first-order chi connectivity index (χ1) is 25.3. The van der Waals surface area contributed by atoms with Gasteiger partial charge < -0.3 is 0 Å². The average Bonchev–Trinajstić information content (AvgIpc) is 3.87. The number of rotatable bonds is 2. The third-order valence-corrected chi connectivity index (χ3v) is 14.3. The highest BCUT2D eigenvalue weighted by Crippen LogP contribution is 2.48. The fraction of sp³-hybridized carbons (Fsp3) is 0. The van der Waals surface area contributed by atoms with E-state index in [0.29, 0.717) is 0 Å². The minimum Gasteiger partial charge on any atom is -0.135 e. The highest BCUT2D eigenvalue weighted by atomic mass is 32.1. The molecule has 0 amide bonds. The van der Waals surface area contributed by atoms with Crippen molar-refractivity contribution < 1.29 is 0 Å². The van der Waals surface area contributed by atoms with Crippen LogP contribution in [0.3, 0.4) is 0 Å². The lowest BCUT2D eigenvalue weighted by molar-refractivity contribution is 1.70. The van der Waals surface area contributed by atoms with Gasteiger partial charge in [0.25, 0.3) is 0 Å². The van der Waals surface area contributed by atoms with Gasteiger partial charge in [-0.15, -0.1) is 34.0 Å². The molecule has 0 bridgehead atoms. The highest BCUT2D eigenvalue weighted by Gasteiger charge is 2.19. The Morgan fingerprint density at radius 2 is 0.706 bits per heavy atom. The molecule has 0 aliphatic carbocycles. The summed E-state index contributed by atoms with van der Waals surface area (Å²) in [6.07, 6.45) is 0. The van der Waals surface area contributed by atoms with Gasteiger partial charge in [-0.2, -0.15) is 0 Å². The summed E-state index contributed by atoms with van der Waals surface area (Å²) in [7, 11) is 0. The van der Waals surface area contributed by atoms with Gasteiger partial charge in [0.05, 0.1) is 0 Å². The van der Waals surface area contributed by atoms with E-state index >= 15 is 0 Å². The number of thiophene rings is 3. The van der Waals surface area contributed by atoms with Crippen molar-refractivity contribution in [3.8, 4) is 22.3 Å². The summed E-state index contributed by atoms with van der Waals surface area (Å²) in [6.45, 7) is 0. The first kappa shape index (κ1) is 28.2. The molecular weight excluding hydrogens is 673 g/mol. The van der Waals surface area contributed by atoms with E-state index in [9.17, 15) is 0 Å². The average molecular weight is 699 g/mol. The summed E-state index contributed by atoms with van der Waals surface area (Å²) in [4.78, 5) is 0. The van der Waals surface area contributed by atoms with E-state index in [1.54, 1.807) is 0 Å². The molecule has 0 aliphatic heterocycles. The summed E-state index contributed by atoms with van der Waals surface area (Å²) in [5.74, 6) is 0. The van der Waals surface area contributed by atoms with Crippen molar-refractivity contribution in [3.63, 3.8) is 0 Å². The molecule has 0 fully saturated rings. The zero-order valence-corrected chi connectivity index (χ0v) is 29.7. The molecule has 0 nitrogen and oxygen atoms in total. The van der Waals surface area contributed by atoms with Crippen LogP contribution in [0, 0.1) is 0 Å². The molecule has 0 saturated heterocycles. The minimum absolute atomic E-state index is 1.27. The molecule has 3 aromatic heterocycles. The standard InChI is InChI=1S/C48H26S3/c1-3-13-33-31(11-1)45(27-18-23-42-39(25-27)30-10-6-7-15-40(30)49-42)32-12-2-4-14-34(32)46(33)28-17-19-38-44(26-28)50-43-24-22-37-35(47(38)43)20-21-36-29-9-5-8-16-41(29)51-48(36)37/h1-26H. The predicted octanol–water partition coefficient (Wildman–Crippen LogP) is 15.6. The molecule has 0 atom stereocenters. The van der Waals surface area contributed by atoms with Gasteiger partial charge in [-0.25, -0.2) is 0 Å². The normalized spacial score (nSPS) is 12.3. The van der Waals surface area contributed by atoms with Crippen LogP contribution in [-0.4, -0.2) is 0 Å². The summed E-state index contributed by atoms with van der Waals surface area (Å²) < 4.78 is 8.09. The fourth-order valence-electron chi connectivity index (χ4n) is 8.65. The van der Waals surface area contributed by atoms with Crippen LogP contribution in [0.25, 0.3) is 115 Å². The van der Waals surface area contributed by atoms with Gasteiger partial charge in [0, 0.05) is 65.9 Å². The molecule has 0 unspecified atom stereocenters. The lowest BCUT2D eigenvalue weighted by atomic mass is 9.85. The lowest BCUT2D eigenvalue weighted by Crippen LogP contribution is -1.90. The minimum atomic E-state index is 1.27. The Kier molecular flexibility index (Phi) is 5.78. The number of hydrogen-bond donors (Lipinski definition) is 0. The second kappa shape index (κ2) is 10.5. The van der Waals surface area contributed by atoms with Crippen LogP contribution in [0.1, 0.15) is 0 Å². The van der Waals surface area contributed by atoms with Crippen LogP contribution in [-0.2, 0) is 0 Å². The van der Waals surface area contributed by atoms with Crippen LogP contribution in [0.5, 0.6) is 0 Å². The third-order valence-electron chi connectivity index (χ3n) is 10.9. The molecule has 12 rings (SSSR count). The molecular formula is C48H26S3. The lowest BCUT2D eigenvalue weighted by Gasteiger charge is -2.18. The second-order valence-corrected chi connectivity index (χ2v) is 16.8. The van der Waals surface area contributed by atoms with Crippen molar-refractivity contribution in [1.82, 2.24) is 0 Å². The molecule has 3 heteroatoms. The van der Waals surface area contributed by atoms with Crippen LogP contribution in [0.4, 0.5) is 0 Å². The van der Waals surface area contributed by atoms with Crippen molar-refractivity contribution in [2.45, 2.75) is 0 Å². The van der Waals surface area contributed by atoms with Crippen molar-refractivity contribution in [2.24, 2.45) is 0 Å². The van der Waals surface area contributed by atoms with Gasteiger partial charge in [0.2, 0.25) is 0 Å². The molecule has 3 heterocycles. The van der Waals surface area contributed by atoms with Gasteiger partial charge >= 0.3 is 0 Å². The Hall–Kier alpha value is -5.58. The Morgan fingerprint density at radius 3 is 1.41 bits per heavy atom. The maximum atomic E-state index is 2.45. The smallest absolute Gasteiger partial charge is 0.0434 e. The number of fused-ring (bicyclic) bond motifs is 14. The van der Waals surface area contributed by atoms with E-state index in [4.69, 9.17) is 0 Å². The molecule has 0 saturated carbocycles. The molecule has 12 aromatic rings. The molecule has 0 spiro atoms. The van der Waals surface area contributed by atoms with Gasteiger partial charge in [-0.05, 0) is 85.6 Å². The van der Waals surface area contributed by atoms with Crippen molar-refractivity contribution in [1.29, 1.82) is 0 Å². The first-order valence-corrected chi connectivity index (χ1v) is 19.8. The van der Waals surface area contributed by atoms with Crippen molar-refractivity contribution in [2.75, 3.05) is 0 Å². The quantitative estimate of drug-likeness (QED) is 0.158. The van der Waals surface area contributed by atoms with Crippen molar-refractivity contribution in [3.05, 3.63) is 158 Å². The maximum Gasteiger partial charge on any atom is 0.0434 e.